The molecule has 0 aromatic carbocycles. The number of halogens is 3. The fourth-order valence-corrected chi connectivity index (χ4v) is 1.29. The predicted octanol–water partition coefficient (Wildman–Crippen LogP) is 1.28. The van der Waals surface area contributed by atoms with Crippen LogP contribution in [0.25, 0.3) is 0 Å². The highest BCUT2D eigenvalue weighted by Gasteiger charge is 2.44. The van der Waals surface area contributed by atoms with E-state index in [-0.39, 0.29) is 0 Å². The fraction of sp³-hybridized carbons (Fsp3) is 0.909. The van der Waals surface area contributed by atoms with Gasteiger partial charge in [-0.1, -0.05) is 0 Å². The van der Waals surface area contributed by atoms with Crippen molar-refractivity contribution in [2.24, 2.45) is 5.92 Å². The summed E-state index contributed by atoms with van der Waals surface area (Å²) in [5, 5.41) is 10.9. The van der Waals surface area contributed by atoms with Crippen LogP contribution in [0.3, 0.4) is 0 Å². The molecule has 0 aromatic heterocycles. The van der Waals surface area contributed by atoms with Gasteiger partial charge in [-0.25, -0.2) is 0 Å². The number of rotatable bonds is 11. The van der Waals surface area contributed by atoms with Crippen molar-refractivity contribution < 1.29 is 32.5 Å². The van der Waals surface area contributed by atoms with Gasteiger partial charge in [-0.2, -0.15) is 13.2 Å². The summed E-state index contributed by atoms with van der Waals surface area (Å²) >= 11 is 0. The van der Waals surface area contributed by atoms with Crippen molar-refractivity contribution in [2.45, 2.75) is 19.0 Å². The summed E-state index contributed by atoms with van der Waals surface area (Å²) in [6.07, 6.45) is -3.40. The van der Waals surface area contributed by atoms with Crippen molar-refractivity contribution in [3.63, 3.8) is 0 Å². The number of methoxy groups -OCH3 is 1. The number of carboxylic acids is 1. The van der Waals surface area contributed by atoms with Crippen LogP contribution in [0.15, 0.2) is 0 Å². The van der Waals surface area contributed by atoms with Gasteiger partial charge in [0.1, 0.15) is 0 Å². The number of aliphatic carboxylic acids is 1. The van der Waals surface area contributed by atoms with Gasteiger partial charge in [-0.15, -0.1) is 0 Å². The van der Waals surface area contributed by atoms with Gasteiger partial charge in [0.2, 0.25) is 0 Å². The average molecular weight is 287 g/mol. The molecule has 0 aliphatic carbocycles. The summed E-state index contributed by atoms with van der Waals surface area (Å²) < 4.78 is 46.7. The Bertz CT molecular complexity index is 249. The summed E-state index contributed by atoms with van der Waals surface area (Å²) in [7, 11) is 1.56. The summed E-state index contributed by atoms with van der Waals surface area (Å²) in [5.41, 5.74) is 0. The first-order valence-corrected chi connectivity index (χ1v) is 5.96. The lowest BCUT2D eigenvalue weighted by Gasteiger charge is -2.16. The Kier molecular flexibility index (Phi) is 9.54. The SMILES string of the molecule is COCCOCCCCNCC(C(=O)O)C(F)(F)F. The van der Waals surface area contributed by atoms with Crippen molar-refractivity contribution in [1.82, 2.24) is 5.32 Å². The molecule has 114 valence electrons. The van der Waals surface area contributed by atoms with E-state index < -0.39 is 24.6 Å². The van der Waals surface area contributed by atoms with Crippen LogP contribution in [0.5, 0.6) is 0 Å². The molecular weight excluding hydrogens is 267 g/mol. The maximum Gasteiger partial charge on any atom is 0.403 e. The number of unbranched alkanes of at least 4 members (excludes halogenated alkanes) is 1. The van der Waals surface area contributed by atoms with Crippen LogP contribution >= 0.6 is 0 Å². The van der Waals surface area contributed by atoms with E-state index in [0.29, 0.717) is 39.2 Å². The smallest absolute Gasteiger partial charge is 0.403 e. The normalized spacial score (nSPS) is 13.5. The molecule has 1 unspecified atom stereocenters. The molecule has 8 heteroatoms. The topological polar surface area (TPSA) is 67.8 Å². The quantitative estimate of drug-likeness (QED) is 0.560. The Labute approximate surface area is 110 Å². The standard InChI is InChI=1S/C11H20F3NO4/c1-18-6-7-19-5-3-2-4-15-8-9(10(16)17)11(12,13)14/h9,15H,2-8H2,1H3,(H,16,17). The van der Waals surface area contributed by atoms with Crippen molar-refractivity contribution >= 4 is 5.97 Å². The molecule has 0 rings (SSSR count). The predicted molar refractivity (Wildman–Crippen MR) is 62.0 cm³/mol. The summed E-state index contributed by atoms with van der Waals surface area (Å²) in [6, 6.07) is 0. The van der Waals surface area contributed by atoms with Gasteiger partial charge in [0.15, 0.2) is 5.92 Å². The third kappa shape index (κ3) is 9.69. The molecule has 19 heavy (non-hydrogen) atoms. The second-order valence-electron chi connectivity index (χ2n) is 3.95. The van der Waals surface area contributed by atoms with Crippen molar-refractivity contribution in [1.29, 1.82) is 0 Å². The van der Waals surface area contributed by atoms with E-state index >= 15 is 0 Å². The van der Waals surface area contributed by atoms with Crippen LogP contribution in [-0.2, 0) is 14.3 Å². The first-order valence-electron chi connectivity index (χ1n) is 5.96. The molecule has 1 atom stereocenters. The van der Waals surface area contributed by atoms with Crippen LogP contribution in [0.1, 0.15) is 12.8 Å². The minimum absolute atomic E-state index is 0.327. The number of alkyl halides is 3. The lowest BCUT2D eigenvalue weighted by Crippen LogP contribution is -2.39. The van der Waals surface area contributed by atoms with Gasteiger partial charge in [-0.05, 0) is 19.4 Å². The van der Waals surface area contributed by atoms with Gasteiger partial charge < -0.3 is 19.9 Å². The van der Waals surface area contributed by atoms with E-state index in [1.165, 1.54) is 0 Å². The van der Waals surface area contributed by atoms with Gasteiger partial charge in [0.25, 0.3) is 0 Å². The number of ether oxygens (including phenoxy) is 2. The molecule has 0 saturated heterocycles. The van der Waals surface area contributed by atoms with Crippen LogP contribution in [0.4, 0.5) is 13.2 Å². The Morgan fingerprint density at radius 2 is 1.95 bits per heavy atom. The van der Waals surface area contributed by atoms with E-state index in [1.54, 1.807) is 7.11 Å². The van der Waals surface area contributed by atoms with E-state index in [4.69, 9.17) is 14.6 Å². The summed E-state index contributed by atoms with van der Waals surface area (Å²) in [4.78, 5) is 10.4. The minimum Gasteiger partial charge on any atom is -0.481 e. The molecule has 0 aromatic rings. The molecule has 0 radical (unpaired) electrons. The summed E-state index contributed by atoms with van der Waals surface area (Å²) in [6.45, 7) is 1.22. The van der Waals surface area contributed by atoms with E-state index in [1.807, 2.05) is 0 Å². The molecule has 0 fully saturated rings. The number of hydrogen-bond acceptors (Lipinski definition) is 4. The fourth-order valence-electron chi connectivity index (χ4n) is 1.29. The van der Waals surface area contributed by atoms with Crippen molar-refractivity contribution in [3.05, 3.63) is 0 Å². The van der Waals surface area contributed by atoms with Gasteiger partial charge in [0, 0.05) is 20.3 Å². The second-order valence-corrected chi connectivity index (χ2v) is 3.95. The Hall–Kier alpha value is -0.860. The molecule has 0 amide bonds. The molecular formula is C11H20F3NO4. The van der Waals surface area contributed by atoms with Crippen molar-refractivity contribution in [2.75, 3.05) is 40.0 Å². The maximum absolute atomic E-state index is 12.3. The largest absolute Gasteiger partial charge is 0.481 e. The molecule has 2 N–H and O–H groups in total. The van der Waals surface area contributed by atoms with Crippen molar-refractivity contribution in [3.8, 4) is 0 Å². The average Bonchev–Trinajstić information content (AvgIpc) is 2.29. The van der Waals surface area contributed by atoms with E-state index in [9.17, 15) is 18.0 Å². The highest BCUT2D eigenvalue weighted by Crippen LogP contribution is 2.25. The summed E-state index contributed by atoms with van der Waals surface area (Å²) in [5.74, 6) is -4.21. The van der Waals surface area contributed by atoms with Crippen LogP contribution in [0, 0.1) is 5.92 Å². The Morgan fingerprint density at radius 3 is 2.47 bits per heavy atom. The number of carboxylic acid groups (broad SMARTS) is 1. The third-order valence-electron chi connectivity index (χ3n) is 2.37. The molecule has 0 aliphatic heterocycles. The molecule has 0 aliphatic rings. The van der Waals surface area contributed by atoms with Gasteiger partial charge in [-0.3, -0.25) is 4.79 Å². The van der Waals surface area contributed by atoms with E-state index in [0.717, 1.165) is 0 Å². The molecule has 0 saturated carbocycles. The van der Waals surface area contributed by atoms with Crippen LogP contribution in [0.2, 0.25) is 0 Å². The lowest BCUT2D eigenvalue weighted by atomic mass is 10.1. The Balaban J connectivity index is 3.54. The monoisotopic (exact) mass is 287 g/mol. The molecule has 0 heterocycles. The van der Waals surface area contributed by atoms with Gasteiger partial charge >= 0.3 is 12.1 Å². The van der Waals surface area contributed by atoms with Crippen LogP contribution in [-0.4, -0.2) is 57.3 Å². The molecule has 0 spiro atoms. The first kappa shape index (κ1) is 18.1. The maximum atomic E-state index is 12.3. The lowest BCUT2D eigenvalue weighted by molar-refractivity contribution is -0.192. The zero-order valence-electron chi connectivity index (χ0n) is 10.8. The molecule has 5 nitrogen and oxygen atoms in total. The number of carbonyl (C=O) groups is 1. The minimum atomic E-state index is -4.72. The van der Waals surface area contributed by atoms with E-state index in [2.05, 4.69) is 5.32 Å². The second kappa shape index (κ2) is 9.99. The molecule has 0 bridgehead atoms. The third-order valence-corrected chi connectivity index (χ3v) is 2.37. The first-order chi connectivity index (χ1) is 8.89. The number of nitrogens with one attached hydrogen (secondary N) is 1. The zero-order valence-corrected chi connectivity index (χ0v) is 10.8. The number of hydrogen-bond donors (Lipinski definition) is 2. The highest BCUT2D eigenvalue weighted by atomic mass is 19.4. The Morgan fingerprint density at radius 1 is 1.26 bits per heavy atom. The highest BCUT2D eigenvalue weighted by molar-refractivity contribution is 5.71. The zero-order chi connectivity index (χ0) is 14.7. The van der Waals surface area contributed by atoms with Gasteiger partial charge in [0.05, 0.1) is 13.2 Å². The van der Waals surface area contributed by atoms with Crippen LogP contribution < -0.4 is 5.32 Å².